The number of fused-ring (bicyclic) bond motifs is 2. The van der Waals surface area contributed by atoms with E-state index in [-0.39, 0.29) is 0 Å². The van der Waals surface area contributed by atoms with Crippen molar-refractivity contribution in [3.63, 3.8) is 0 Å². The van der Waals surface area contributed by atoms with Gasteiger partial charge in [-0.05, 0) is 61.0 Å². The van der Waals surface area contributed by atoms with Crippen LogP contribution < -0.4 is 10.1 Å². The lowest BCUT2D eigenvalue weighted by molar-refractivity contribution is 0.112. The highest BCUT2D eigenvalue weighted by Gasteiger charge is 2.14. The standard InChI is InChI=1S/C24H19N3O2S/c1-14-17-7-9-25-21(17)6-5-20(14)27-22-8-10-26-24-19(22)12-23(30-24)18-11-16(29-2)4-3-15(18)13-28/h3-13,25H,1-2H3,(H,26,27). The van der Waals surface area contributed by atoms with Crippen molar-refractivity contribution >= 4 is 50.1 Å². The number of aromatic amines is 1. The van der Waals surface area contributed by atoms with Gasteiger partial charge in [-0.25, -0.2) is 4.98 Å². The lowest BCUT2D eigenvalue weighted by atomic mass is 10.1. The molecule has 2 N–H and O–H groups in total. The van der Waals surface area contributed by atoms with Crippen LogP contribution in [0, 0.1) is 6.92 Å². The zero-order valence-corrected chi connectivity index (χ0v) is 17.3. The van der Waals surface area contributed by atoms with Crippen molar-refractivity contribution in [3.8, 4) is 16.2 Å². The number of ether oxygens (including phenoxy) is 1. The van der Waals surface area contributed by atoms with Crippen LogP contribution >= 0.6 is 11.3 Å². The molecule has 0 unspecified atom stereocenters. The monoisotopic (exact) mass is 413 g/mol. The van der Waals surface area contributed by atoms with Crippen molar-refractivity contribution in [2.45, 2.75) is 6.92 Å². The quantitative estimate of drug-likeness (QED) is 0.331. The Hall–Kier alpha value is -3.64. The number of nitrogens with one attached hydrogen (secondary N) is 2. The Balaban J connectivity index is 1.61. The summed E-state index contributed by atoms with van der Waals surface area (Å²) in [6, 6.07) is 15.8. The van der Waals surface area contributed by atoms with Crippen LogP contribution in [0.2, 0.25) is 0 Å². The maximum Gasteiger partial charge on any atom is 0.150 e. The molecule has 0 radical (unpaired) electrons. The number of benzene rings is 2. The van der Waals surface area contributed by atoms with Crippen LogP contribution in [0.1, 0.15) is 15.9 Å². The van der Waals surface area contributed by atoms with Gasteiger partial charge in [-0.1, -0.05) is 0 Å². The summed E-state index contributed by atoms with van der Waals surface area (Å²) in [7, 11) is 1.62. The molecular weight excluding hydrogens is 394 g/mol. The molecular formula is C24H19N3O2S. The van der Waals surface area contributed by atoms with Gasteiger partial charge in [0, 0.05) is 50.4 Å². The maximum atomic E-state index is 11.6. The second kappa shape index (κ2) is 7.31. The minimum Gasteiger partial charge on any atom is -0.497 e. The number of carbonyl (C=O) groups excluding carboxylic acids is 1. The smallest absolute Gasteiger partial charge is 0.150 e. The molecule has 2 aromatic carbocycles. The molecule has 0 amide bonds. The van der Waals surface area contributed by atoms with Crippen LogP contribution in [0.25, 0.3) is 31.6 Å². The fraction of sp³-hybridized carbons (Fsp3) is 0.0833. The third kappa shape index (κ3) is 3.02. The highest BCUT2D eigenvalue weighted by Crippen LogP contribution is 2.39. The van der Waals surface area contributed by atoms with E-state index in [0.717, 1.165) is 49.6 Å². The van der Waals surface area contributed by atoms with Gasteiger partial charge in [-0.15, -0.1) is 11.3 Å². The maximum absolute atomic E-state index is 11.6. The Labute approximate surface area is 177 Å². The summed E-state index contributed by atoms with van der Waals surface area (Å²) in [5.74, 6) is 0.717. The van der Waals surface area contributed by atoms with E-state index in [1.54, 1.807) is 36.8 Å². The number of carbonyl (C=O) groups is 1. The van der Waals surface area contributed by atoms with E-state index in [1.165, 1.54) is 10.9 Å². The summed E-state index contributed by atoms with van der Waals surface area (Å²) in [6.45, 7) is 2.11. The molecule has 0 saturated carbocycles. The molecule has 148 valence electrons. The molecule has 5 aromatic rings. The summed E-state index contributed by atoms with van der Waals surface area (Å²) in [5.41, 5.74) is 5.82. The van der Waals surface area contributed by atoms with E-state index in [2.05, 4.69) is 46.5 Å². The number of nitrogens with zero attached hydrogens (tertiary/aromatic N) is 1. The second-order valence-electron chi connectivity index (χ2n) is 7.06. The molecule has 0 atom stereocenters. The lowest BCUT2D eigenvalue weighted by Crippen LogP contribution is -1.94. The highest BCUT2D eigenvalue weighted by molar-refractivity contribution is 7.22. The Bertz CT molecular complexity index is 1400. The summed E-state index contributed by atoms with van der Waals surface area (Å²) in [4.78, 5) is 21.3. The molecule has 0 spiro atoms. The largest absolute Gasteiger partial charge is 0.497 e. The molecule has 6 heteroatoms. The third-order valence-corrected chi connectivity index (χ3v) is 6.44. The number of hydrogen-bond donors (Lipinski definition) is 2. The molecule has 3 aromatic heterocycles. The van der Waals surface area contributed by atoms with Crippen molar-refractivity contribution in [1.29, 1.82) is 0 Å². The fourth-order valence-electron chi connectivity index (χ4n) is 3.72. The number of thiophene rings is 1. The molecule has 0 fully saturated rings. The van der Waals surface area contributed by atoms with Crippen LogP contribution in [0.3, 0.4) is 0 Å². The number of rotatable bonds is 5. The Morgan fingerprint density at radius 3 is 2.80 bits per heavy atom. The predicted molar refractivity (Wildman–Crippen MR) is 123 cm³/mol. The molecule has 0 aliphatic carbocycles. The number of H-pyrrole nitrogens is 1. The molecule has 5 nitrogen and oxygen atoms in total. The van der Waals surface area contributed by atoms with Crippen molar-refractivity contribution < 1.29 is 9.53 Å². The fourth-order valence-corrected chi connectivity index (χ4v) is 4.79. The first-order valence-corrected chi connectivity index (χ1v) is 10.4. The Morgan fingerprint density at radius 2 is 1.97 bits per heavy atom. The first-order valence-electron chi connectivity index (χ1n) is 9.54. The Kier molecular flexibility index (Phi) is 4.48. The third-order valence-electron chi connectivity index (χ3n) is 5.36. The Morgan fingerprint density at radius 1 is 1.07 bits per heavy atom. The number of aldehydes is 1. The normalized spacial score (nSPS) is 11.1. The number of anilines is 2. The van der Waals surface area contributed by atoms with E-state index < -0.39 is 0 Å². The molecule has 30 heavy (non-hydrogen) atoms. The molecule has 0 aliphatic heterocycles. The van der Waals surface area contributed by atoms with Crippen molar-refractivity contribution in [3.05, 3.63) is 72.1 Å². The lowest BCUT2D eigenvalue weighted by Gasteiger charge is -2.11. The van der Waals surface area contributed by atoms with Gasteiger partial charge in [-0.2, -0.15) is 0 Å². The van der Waals surface area contributed by atoms with Crippen LogP contribution in [-0.4, -0.2) is 23.4 Å². The first kappa shape index (κ1) is 18.4. The van der Waals surface area contributed by atoms with Gasteiger partial charge in [0.25, 0.3) is 0 Å². The number of aryl methyl sites for hydroxylation is 1. The number of pyridine rings is 1. The summed E-state index contributed by atoms with van der Waals surface area (Å²) in [5, 5.41) is 5.79. The van der Waals surface area contributed by atoms with Gasteiger partial charge in [0.2, 0.25) is 0 Å². The topological polar surface area (TPSA) is 67.0 Å². The summed E-state index contributed by atoms with van der Waals surface area (Å²) >= 11 is 1.56. The SMILES string of the molecule is COc1ccc(C=O)c(-c2cc3c(Nc4ccc5[nH]ccc5c4C)ccnc3s2)c1. The van der Waals surface area contributed by atoms with E-state index >= 15 is 0 Å². The minimum absolute atomic E-state index is 0.630. The van der Waals surface area contributed by atoms with Crippen LogP contribution in [0.4, 0.5) is 11.4 Å². The first-order chi connectivity index (χ1) is 14.7. The van der Waals surface area contributed by atoms with Crippen molar-refractivity contribution in [1.82, 2.24) is 9.97 Å². The highest BCUT2D eigenvalue weighted by atomic mass is 32.1. The number of aromatic nitrogens is 2. The predicted octanol–water partition coefficient (Wildman–Crippen LogP) is 6.32. The van der Waals surface area contributed by atoms with E-state index in [0.29, 0.717) is 5.56 Å². The summed E-state index contributed by atoms with van der Waals surface area (Å²) in [6.07, 6.45) is 4.64. The zero-order chi connectivity index (χ0) is 20.7. The van der Waals surface area contributed by atoms with Gasteiger partial charge in [-0.3, -0.25) is 4.79 Å². The van der Waals surface area contributed by atoms with Crippen molar-refractivity contribution in [2.75, 3.05) is 12.4 Å². The van der Waals surface area contributed by atoms with Gasteiger partial charge in [0.05, 0.1) is 12.8 Å². The summed E-state index contributed by atoms with van der Waals surface area (Å²) < 4.78 is 5.35. The van der Waals surface area contributed by atoms with E-state index in [1.807, 2.05) is 18.3 Å². The van der Waals surface area contributed by atoms with E-state index in [9.17, 15) is 4.79 Å². The molecule has 0 saturated heterocycles. The minimum atomic E-state index is 0.630. The zero-order valence-electron chi connectivity index (χ0n) is 16.5. The molecule has 0 aliphatic rings. The number of methoxy groups -OCH3 is 1. The average molecular weight is 414 g/mol. The van der Waals surface area contributed by atoms with Gasteiger partial charge in [0.1, 0.15) is 10.6 Å². The molecule has 5 rings (SSSR count). The average Bonchev–Trinajstić information content (AvgIpc) is 3.43. The van der Waals surface area contributed by atoms with Crippen LogP contribution in [-0.2, 0) is 0 Å². The van der Waals surface area contributed by atoms with Gasteiger partial charge >= 0.3 is 0 Å². The van der Waals surface area contributed by atoms with Crippen molar-refractivity contribution in [2.24, 2.45) is 0 Å². The van der Waals surface area contributed by atoms with Crippen LogP contribution in [0.15, 0.2) is 60.9 Å². The van der Waals surface area contributed by atoms with Gasteiger partial charge in [0.15, 0.2) is 6.29 Å². The van der Waals surface area contributed by atoms with E-state index in [4.69, 9.17) is 4.74 Å². The van der Waals surface area contributed by atoms with Crippen LogP contribution in [0.5, 0.6) is 5.75 Å². The molecule has 0 bridgehead atoms. The number of hydrogen-bond acceptors (Lipinski definition) is 5. The van der Waals surface area contributed by atoms with Gasteiger partial charge < -0.3 is 15.0 Å². The molecule has 3 heterocycles. The second-order valence-corrected chi connectivity index (χ2v) is 8.09.